The molecule has 0 spiro atoms. The van der Waals surface area contributed by atoms with Gasteiger partial charge in [0.1, 0.15) is 11.6 Å². The standard InChI is InChI=1S/C21H18N4O6/c1-2-30-15-7-11(12-4-6-14(26)16(8-12)31-9-17(27)28)3-5-13(15)19-24-20-18(21(29)25-19)22-10-23-20/h3-8,10,26H,2,9H2,1H3,(H,27,28)(H2,22,23,24,25,29). The van der Waals surface area contributed by atoms with Crippen LogP contribution in [-0.4, -0.2) is 49.3 Å². The molecule has 0 saturated carbocycles. The third-order valence-corrected chi connectivity index (χ3v) is 4.47. The van der Waals surface area contributed by atoms with E-state index in [9.17, 15) is 14.7 Å². The van der Waals surface area contributed by atoms with Gasteiger partial charge >= 0.3 is 5.97 Å². The molecule has 31 heavy (non-hydrogen) atoms. The summed E-state index contributed by atoms with van der Waals surface area (Å²) in [6.45, 7) is 1.65. The van der Waals surface area contributed by atoms with E-state index in [1.165, 1.54) is 12.4 Å². The first kappa shape index (κ1) is 20.0. The van der Waals surface area contributed by atoms with E-state index in [4.69, 9.17) is 14.6 Å². The minimum Gasteiger partial charge on any atom is -0.504 e. The van der Waals surface area contributed by atoms with Crippen molar-refractivity contribution in [3.05, 3.63) is 53.1 Å². The zero-order chi connectivity index (χ0) is 22.0. The Morgan fingerprint density at radius 3 is 2.58 bits per heavy atom. The van der Waals surface area contributed by atoms with Gasteiger partial charge in [-0.3, -0.25) is 4.79 Å². The summed E-state index contributed by atoms with van der Waals surface area (Å²) in [5.41, 5.74) is 2.21. The van der Waals surface area contributed by atoms with E-state index in [0.717, 1.165) is 5.56 Å². The van der Waals surface area contributed by atoms with E-state index >= 15 is 0 Å². The minimum atomic E-state index is -1.15. The van der Waals surface area contributed by atoms with Crippen LogP contribution in [0, 0.1) is 0 Å². The van der Waals surface area contributed by atoms with Gasteiger partial charge in [-0.1, -0.05) is 12.1 Å². The van der Waals surface area contributed by atoms with Crippen molar-refractivity contribution in [3.8, 4) is 39.8 Å². The number of carboxylic acids is 1. The molecule has 4 rings (SSSR count). The molecule has 0 aliphatic heterocycles. The molecule has 0 saturated heterocycles. The molecule has 10 heteroatoms. The maximum atomic E-state index is 12.3. The largest absolute Gasteiger partial charge is 0.504 e. The Bertz CT molecular complexity index is 1330. The van der Waals surface area contributed by atoms with Crippen LogP contribution in [0.5, 0.6) is 17.2 Å². The SMILES string of the molecule is CCOc1cc(-c2ccc(O)c(OCC(=O)O)c2)ccc1-c1nc2[nH]cnc2c(=O)[nH]1. The fourth-order valence-corrected chi connectivity index (χ4v) is 3.09. The number of aromatic hydroxyl groups is 1. The number of aromatic amines is 2. The van der Waals surface area contributed by atoms with E-state index in [-0.39, 0.29) is 22.6 Å². The van der Waals surface area contributed by atoms with Crippen molar-refractivity contribution in [1.82, 2.24) is 19.9 Å². The fourth-order valence-electron chi connectivity index (χ4n) is 3.09. The number of H-pyrrole nitrogens is 2. The van der Waals surface area contributed by atoms with Crippen LogP contribution in [0.4, 0.5) is 0 Å². The molecule has 2 aromatic carbocycles. The summed E-state index contributed by atoms with van der Waals surface area (Å²) >= 11 is 0. The number of phenolic OH excluding ortho intramolecular Hbond substituents is 1. The topological polar surface area (TPSA) is 150 Å². The highest BCUT2D eigenvalue weighted by Crippen LogP contribution is 2.36. The quantitative estimate of drug-likeness (QED) is 0.355. The van der Waals surface area contributed by atoms with E-state index in [2.05, 4.69) is 19.9 Å². The summed E-state index contributed by atoms with van der Waals surface area (Å²) in [5, 5.41) is 18.7. The number of ether oxygens (including phenoxy) is 2. The van der Waals surface area contributed by atoms with Crippen LogP contribution in [0.25, 0.3) is 33.7 Å². The van der Waals surface area contributed by atoms with Gasteiger partial charge in [0.15, 0.2) is 29.3 Å². The lowest BCUT2D eigenvalue weighted by Crippen LogP contribution is -2.10. The van der Waals surface area contributed by atoms with E-state index in [1.54, 1.807) is 30.3 Å². The Balaban J connectivity index is 1.76. The molecule has 2 heterocycles. The number of hydrogen-bond acceptors (Lipinski definition) is 7. The van der Waals surface area contributed by atoms with Gasteiger partial charge in [-0.15, -0.1) is 0 Å². The zero-order valence-corrected chi connectivity index (χ0v) is 16.4. The number of benzene rings is 2. The number of aliphatic carboxylic acids is 1. The van der Waals surface area contributed by atoms with Gasteiger partial charge in [-0.05, 0) is 42.3 Å². The molecule has 4 N–H and O–H groups in total. The molecular formula is C21H18N4O6. The number of fused-ring (bicyclic) bond motifs is 1. The van der Waals surface area contributed by atoms with Crippen LogP contribution in [0.3, 0.4) is 0 Å². The highest BCUT2D eigenvalue weighted by atomic mass is 16.5. The summed E-state index contributed by atoms with van der Waals surface area (Å²) < 4.78 is 10.9. The summed E-state index contributed by atoms with van der Waals surface area (Å²) in [4.78, 5) is 36.9. The third-order valence-electron chi connectivity index (χ3n) is 4.47. The first-order chi connectivity index (χ1) is 15.0. The van der Waals surface area contributed by atoms with Gasteiger partial charge in [0.2, 0.25) is 0 Å². The molecule has 2 aromatic heterocycles. The van der Waals surface area contributed by atoms with Gasteiger partial charge < -0.3 is 29.7 Å². The van der Waals surface area contributed by atoms with Crippen molar-refractivity contribution in [1.29, 1.82) is 0 Å². The molecule has 0 radical (unpaired) electrons. The summed E-state index contributed by atoms with van der Waals surface area (Å²) in [6.07, 6.45) is 1.40. The monoisotopic (exact) mass is 422 g/mol. The van der Waals surface area contributed by atoms with Crippen molar-refractivity contribution in [2.75, 3.05) is 13.2 Å². The Morgan fingerprint density at radius 1 is 1.10 bits per heavy atom. The van der Waals surface area contributed by atoms with Crippen LogP contribution in [0.2, 0.25) is 0 Å². The molecule has 4 aromatic rings. The summed E-state index contributed by atoms with van der Waals surface area (Å²) in [7, 11) is 0. The number of nitrogens with zero attached hydrogens (tertiary/aromatic N) is 2. The Morgan fingerprint density at radius 2 is 1.84 bits per heavy atom. The second-order valence-corrected chi connectivity index (χ2v) is 6.52. The second kappa shape index (κ2) is 8.19. The van der Waals surface area contributed by atoms with Crippen LogP contribution in [-0.2, 0) is 4.79 Å². The fraction of sp³-hybridized carbons (Fsp3) is 0.143. The predicted molar refractivity (Wildman–Crippen MR) is 111 cm³/mol. The Labute approximate surface area is 175 Å². The molecule has 158 valence electrons. The summed E-state index contributed by atoms with van der Waals surface area (Å²) in [5.74, 6) is -0.446. The lowest BCUT2D eigenvalue weighted by molar-refractivity contribution is -0.139. The van der Waals surface area contributed by atoms with Crippen molar-refractivity contribution < 1.29 is 24.5 Å². The molecule has 0 aliphatic carbocycles. The van der Waals surface area contributed by atoms with Gasteiger partial charge in [0.25, 0.3) is 5.56 Å². The lowest BCUT2D eigenvalue weighted by atomic mass is 10.0. The summed E-state index contributed by atoms with van der Waals surface area (Å²) in [6, 6.07) is 9.95. The molecule has 0 aliphatic rings. The molecule has 0 fully saturated rings. The van der Waals surface area contributed by atoms with Gasteiger partial charge in [0, 0.05) is 0 Å². The highest BCUT2D eigenvalue weighted by molar-refractivity contribution is 5.77. The molecule has 0 unspecified atom stereocenters. The molecule has 0 bridgehead atoms. The van der Waals surface area contributed by atoms with Crippen LogP contribution >= 0.6 is 0 Å². The molecule has 0 atom stereocenters. The maximum Gasteiger partial charge on any atom is 0.341 e. The van der Waals surface area contributed by atoms with Gasteiger partial charge in [-0.25, -0.2) is 14.8 Å². The zero-order valence-electron chi connectivity index (χ0n) is 16.4. The Kier molecular flexibility index (Phi) is 5.27. The number of phenols is 1. The van der Waals surface area contributed by atoms with Crippen molar-refractivity contribution >= 4 is 17.1 Å². The van der Waals surface area contributed by atoms with E-state index < -0.39 is 12.6 Å². The first-order valence-corrected chi connectivity index (χ1v) is 9.35. The number of carboxylic acid groups (broad SMARTS) is 1. The van der Waals surface area contributed by atoms with Crippen molar-refractivity contribution in [2.24, 2.45) is 0 Å². The highest BCUT2D eigenvalue weighted by Gasteiger charge is 2.15. The van der Waals surface area contributed by atoms with E-state index in [1.807, 2.05) is 6.92 Å². The number of nitrogens with one attached hydrogen (secondary N) is 2. The van der Waals surface area contributed by atoms with Crippen molar-refractivity contribution in [3.63, 3.8) is 0 Å². The average Bonchev–Trinajstić information content (AvgIpc) is 3.22. The van der Waals surface area contributed by atoms with E-state index in [0.29, 0.717) is 35.0 Å². The number of hydrogen-bond donors (Lipinski definition) is 4. The lowest BCUT2D eigenvalue weighted by Gasteiger charge is -2.13. The smallest absolute Gasteiger partial charge is 0.341 e. The predicted octanol–water partition coefficient (Wildman–Crippen LogP) is 2.55. The molecular weight excluding hydrogens is 404 g/mol. The number of aromatic nitrogens is 4. The average molecular weight is 422 g/mol. The third kappa shape index (κ3) is 4.04. The van der Waals surface area contributed by atoms with Crippen LogP contribution < -0.4 is 15.0 Å². The number of carbonyl (C=O) groups is 1. The molecule has 10 nitrogen and oxygen atoms in total. The first-order valence-electron chi connectivity index (χ1n) is 9.35. The van der Waals surface area contributed by atoms with Crippen LogP contribution in [0.1, 0.15) is 6.92 Å². The van der Waals surface area contributed by atoms with Crippen molar-refractivity contribution in [2.45, 2.75) is 6.92 Å². The normalized spacial score (nSPS) is 10.9. The number of rotatable bonds is 7. The van der Waals surface area contributed by atoms with Gasteiger partial charge in [-0.2, -0.15) is 0 Å². The Hall–Kier alpha value is -4.34. The maximum absolute atomic E-state index is 12.3. The number of imidazole rings is 1. The van der Waals surface area contributed by atoms with Crippen LogP contribution in [0.15, 0.2) is 47.5 Å². The van der Waals surface area contributed by atoms with Gasteiger partial charge in [0.05, 0.1) is 18.5 Å². The second-order valence-electron chi connectivity index (χ2n) is 6.52. The molecule has 0 amide bonds. The minimum absolute atomic E-state index is 0.0534.